The first-order chi connectivity index (χ1) is 17.0. The van der Waals surface area contributed by atoms with Crippen LogP contribution < -0.4 is 10.9 Å². The van der Waals surface area contributed by atoms with Crippen molar-refractivity contribution in [1.29, 1.82) is 0 Å². The van der Waals surface area contributed by atoms with Gasteiger partial charge in [-0.05, 0) is 29.8 Å². The average Bonchev–Trinajstić information content (AvgIpc) is 3.49. The zero-order valence-corrected chi connectivity index (χ0v) is 18.9. The van der Waals surface area contributed by atoms with Gasteiger partial charge >= 0.3 is 0 Å². The van der Waals surface area contributed by atoms with Crippen molar-refractivity contribution in [2.75, 3.05) is 0 Å². The van der Waals surface area contributed by atoms with Gasteiger partial charge in [-0.15, -0.1) is 0 Å². The van der Waals surface area contributed by atoms with Crippen molar-refractivity contribution in [3.63, 3.8) is 0 Å². The number of carbonyl (C=O) groups excluding carboxylic acids is 1. The monoisotopic (exact) mass is 471 g/mol. The van der Waals surface area contributed by atoms with Gasteiger partial charge in [-0.2, -0.15) is 5.10 Å². The van der Waals surface area contributed by atoms with Gasteiger partial charge in [-0.3, -0.25) is 9.59 Å². The lowest BCUT2D eigenvalue weighted by molar-refractivity contribution is -0.121. The molecule has 0 bridgehead atoms. The number of para-hydroxylation sites is 1. The number of nitrogens with one attached hydrogen (secondary N) is 2. The summed E-state index contributed by atoms with van der Waals surface area (Å²) in [6.07, 6.45) is 5.18. The Balaban J connectivity index is 1.36. The second-order valence-corrected chi connectivity index (χ2v) is 8.09. The molecule has 9 nitrogen and oxygen atoms in total. The number of hydrogen-bond donors (Lipinski definition) is 2. The lowest BCUT2D eigenvalue weighted by Crippen LogP contribution is -2.31. The van der Waals surface area contributed by atoms with Gasteiger partial charge in [0.05, 0.1) is 11.9 Å². The van der Waals surface area contributed by atoms with Gasteiger partial charge in [0.1, 0.15) is 28.9 Å². The van der Waals surface area contributed by atoms with E-state index in [9.17, 15) is 14.0 Å². The summed E-state index contributed by atoms with van der Waals surface area (Å²) in [6.45, 7) is 0. The maximum absolute atomic E-state index is 13.4. The van der Waals surface area contributed by atoms with E-state index in [2.05, 4.69) is 25.4 Å². The quantitative estimate of drug-likeness (QED) is 0.379. The molecular formula is C25H22FN7O2. The number of aryl methyl sites for hydroxylation is 2. The van der Waals surface area contributed by atoms with Crippen LogP contribution in [-0.2, 0) is 18.3 Å². The molecule has 0 radical (unpaired) electrons. The van der Waals surface area contributed by atoms with Crippen LogP contribution in [0.2, 0.25) is 0 Å². The van der Waals surface area contributed by atoms with Gasteiger partial charge in [-0.25, -0.2) is 19.0 Å². The summed E-state index contributed by atoms with van der Waals surface area (Å²) in [4.78, 5) is 37.1. The molecule has 0 saturated carbocycles. The predicted octanol–water partition coefficient (Wildman–Crippen LogP) is 2.82. The maximum Gasteiger partial charge on any atom is 0.262 e. The van der Waals surface area contributed by atoms with E-state index in [1.54, 1.807) is 33.8 Å². The Labute approximate surface area is 199 Å². The summed E-state index contributed by atoms with van der Waals surface area (Å²) in [5.74, 6) is 0.371. The van der Waals surface area contributed by atoms with E-state index in [1.807, 2.05) is 37.4 Å². The molecule has 0 aliphatic rings. The highest BCUT2D eigenvalue weighted by molar-refractivity contribution is 5.77. The number of carbonyl (C=O) groups is 1. The van der Waals surface area contributed by atoms with E-state index >= 15 is 0 Å². The average molecular weight is 471 g/mol. The molecule has 5 aromatic rings. The number of rotatable bonds is 7. The van der Waals surface area contributed by atoms with Crippen LogP contribution in [0.3, 0.4) is 0 Å². The van der Waals surface area contributed by atoms with Crippen LogP contribution in [0.25, 0.3) is 16.7 Å². The van der Waals surface area contributed by atoms with Crippen molar-refractivity contribution in [2.24, 2.45) is 7.05 Å². The number of H-pyrrole nitrogens is 1. The van der Waals surface area contributed by atoms with E-state index in [4.69, 9.17) is 0 Å². The zero-order valence-electron chi connectivity index (χ0n) is 18.9. The summed E-state index contributed by atoms with van der Waals surface area (Å²) in [5.41, 5.74) is 1.59. The predicted molar refractivity (Wildman–Crippen MR) is 127 cm³/mol. The number of amides is 1. The third-order valence-corrected chi connectivity index (χ3v) is 5.70. The van der Waals surface area contributed by atoms with Crippen molar-refractivity contribution in [3.8, 4) is 5.69 Å². The second kappa shape index (κ2) is 9.34. The summed E-state index contributed by atoms with van der Waals surface area (Å²) in [6, 6.07) is 14.8. The van der Waals surface area contributed by atoms with Crippen LogP contribution in [-0.4, -0.2) is 35.2 Å². The van der Waals surface area contributed by atoms with Crippen molar-refractivity contribution in [2.45, 2.75) is 18.9 Å². The molecule has 0 saturated heterocycles. The van der Waals surface area contributed by atoms with E-state index in [1.165, 1.54) is 18.3 Å². The molecule has 3 heterocycles. The first-order valence-corrected chi connectivity index (χ1v) is 11.0. The Hall–Kier alpha value is -4.60. The molecule has 0 unspecified atom stereocenters. The van der Waals surface area contributed by atoms with Gasteiger partial charge in [0.25, 0.3) is 5.56 Å². The molecule has 1 amide bonds. The minimum absolute atomic E-state index is 0.0794. The Morgan fingerprint density at radius 3 is 2.63 bits per heavy atom. The number of imidazole rings is 1. The van der Waals surface area contributed by atoms with Crippen LogP contribution in [0, 0.1) is 5.82 Å². The number of aromatic amines is 1. The van der Waals surface area contributed by atoms with Crippen LogP contribution in [0.4, 0.5) is 4.39 Å². The number of nitrogens with zero attached hydrogens (tertiary/aromatic N) is 5. The number of halogens is 1. The van der Waals surface area contributed by atoms with Crippen molar-refractivity contribution >= 4 is 16.9 Å². The smallest absolute Gasteiger partial charge is 0.262 e. The van der Waals surface area contributed by atoms with Gasteiger partial charge in [-0.1, -0.05) is 30.3 Å². The summed E-state index contributed by atoms with van der Waals surface area (Å²) >= 11 is 0. The molecule has 1 atom stereocenters. The molecule has 0 spiro atoms. The third kappa shape index (κ3) is 4.58. The number of aromatic nitrogens is 6. The third-order valence-electron chi connectivity index (χ3n) is 5.70. The topological polar surface area (TPSA) is 110 Å². The van der Waals surface area contributed by atoms with Crippen LogP contribution in [0.1, 0.15) is 29.7 Å². The largest absolute Gasteiger partial charge is 0.342 e. The molecule has 2 N–H and O–H groups in total. The maximum atomic E-state index is 13.4. The van der Waals surface area contributed by atoms with E-state index < -0.39 is 6.04 Å². The normalized spacial score (nSPS) is 12.1. The van der Waals surface area contributed by atoms with E-state index in [0.29, 0.717) is 28.2 Å². The van der Waals surface area contributed by atoms with Gasteiger partial charge in [0, 0.05) is 32.3 Å². The Morgan fingerprint density at radius 1 is 1.14 bits per heavy atom. The Bertz CT molecular complexity index is 1540. The molecule has 2 aromatic carbocycles. The fraction of sp³-hybridized carbons (Fsp3) is 0.160. The first kappa shape index (κ1) is 22.2. The molecule has 3 aromatic heterocycles. The van der Waals surface area contributed by atoms with Gasteiger partial charge in [0.15, 0.2) is 5.65 Å². The zero-order chi connectivity index (χ0) is 24.4. The summed E-state index contributed by atoms with van der Waals surface area (Å²) in [7, 11) is 1.82. The van der Waals surface area contributed by atoms with Crippen molar-refractivity contribution in [3.05, 3.63) is 107 Å². The number of hydrogen-bond acceptors (Lipinski definition) is 5. The van der Waals surface area contributed by atoms with Crippen LogP contribution >= 0.6 is 0 Å². The van der Waals surface area contributed by atoms with Crippen LogP contribution in [0.15, 0.2) is 78.0 Å². The highest BCUT2D eigenvalue weighted by Gasteiger charge is 2.21. The lowest BCUT2D eigenvalue weighted by atomic mass is 10.1. The van der Waals surface area contributed by atoms with E-state index in [-0.39, 0.29) is 30.1 Å². The summed E-state index contributed by atoms with van der Waals surface area (Å²) in [5, 5.41) is 7.63. The standard InChI is InChI=1S/C25H22FN7O2/c1-32-14-13-27-24(32)22(16-7-9-17(26)10-8-16)31-21(34)12-11-20-29-23-19(25(35)30-20)15-28-33(23)18-5-3-2-4-6-18/h2-10,13-15,22H,11-12H2,1H3,(H,31,34)(H,29,30,35)/t22-/m1/s1. The Kier molecular flexibility index (Phi) is 5.92. The Morgan fingerprint density at radius 2 is 1.91 bits per heavy atom. The van der Waals surface area contributed by atoms with Crippen molar-refractivity contribution < 1.29 is 9.18 Å². The molecule has 5 rings (SSSR count). The number of fused-ring (bicyclic) bond motifs is 1. The molecule has 35 heavy (non-hydrogen) atoms. The minimum Gasteiger partial charge on any atom is -0.342 e. The van der Waals surface area contributed by atoms with Gasteiger partial charge < -0.3 is 14.9 Å². The minimum atomic E-state index is -0.558. The molecule has 0 aliphatic carbocycles. The van der Waals surface area contributed by atoms with Gasteiger partial charge in [0.2, 0.25) is 5.91 Å². The molecule has 0 fully saturated rings. The lowest BCUT2D eigenvalue weighted by Gasteiger charge is -2.19. The molecule has 10 heteroatoms. The number of benzene rings is 2. The van der Waals surface area contributed by atoms with Crippen LogP contribution in [0.5, 0.6) is 0 Å². The van der Waals surface area contributed by atoms with E-state index in [0.717, 1.165) is 5.69 Å². The van der Waals surface area contributed by atoms with Crippen molar-refractivity contribution in [1.82, 2.24) is 34.6 Å². The SMILES string of the molecule is Cn1ccnc1[C@H](NC(=O)CCc1nc2c(cnn2-c2ccccc2)c(=O)[nH]1)c1ccc(F)cc1. The highest BCUT2D eigenvalue weighted by Crippen LogP contribution is 2.21. The second-order valence-electron chi connectivity index (χ2n) is 8.09. The fourth-order valence-corrected chi connectivity index (χ4v) is 3.91. The molecule has 0 aliphatic heterocycles. The fourth-order valence-electron chi connectivity index (χ4n) is 3.91. The highest BCUT2D eigenvalue weighted by atomic mass is 19.1. The molecule has 176 valence electrons. The molecular weight excluding hydrogens is 449 g/mol. The first-order valence-electron chi connectivity index (χ1n) is 11.0. The summed E-state index contributed by atoms with van der Waals surface area (Å²) < 4.78 is 16.8.